The summed E-state index contributed by atoms with van der Waals surface area (Å²) >= 11 is 0. The Balaban J connectivity index is 1.40. The summed E-state index contributed by atoms with van der Waals surface area (Å²) in [6.07, 6.45) is 4.20. The molecule has 5 aromatic rings. The van der Waals surface area contributed by atoms with Gasteiger partial charge >= 0.3 is 0 Å². The highest BCUT2D eigenvalue weighted by molar-refractivity contribution is 5.96. The van der Waals surface area contributed by atoms with Crippen LogP contribution in [0.4, 0.5) is 8.78 Å². The van der Waals surface area contributed by atoms with E-state index in [0.717, 1.165) is 22.4 Å². The lowest BCUT2D eigenvalue weighted by Crippen LogP contribution is -2.29. The second kappa shape index (κ2) is 12.1. The highest BCUT2D eigenvalue weighted by Crippen LogP contribution is 2.34. The third-order valence-corrected chi connectivity index (χ3v) is 7.05. The van der Waals surface area contributed by atoms with Gasteiger partial charge in [0.1, 0.15) is 23.1 Å². The smallest absolute Gasteiger partial charge is 0.255 e. The molecule has 5 rings (SSSR count). The van der Waals surface area contributed by atoms with Crippen molar-refractivity contribution in [3.63, 3.8) is 0 Å². The Morgan fingerprint density at radius 2 is 1.68 bits per heavy atom. The van der Waals surface area contributed by atoms with Crippen LogP contribution in [0.3, 0.4) is 0 Å². The van der Waals surface area contributed by atoms with Gasteiger partial charge in [-0.25, -0.2) is 8.78 Å². The van der Waals surface area contributed by atoms with Gasteiger partial charge in [-0.2, -0.15) is 5.10 Å². The van der Waals surface area contributed by atoms with Crippen LogP contribution < -0.4 is 5.32 Å². The molecule has 6 nitrogen and oxygen atoms in total. The summed E-state index contributed by atoms with van der Waals surface area (Å²) in [6, 6.07) is 22.7. The van der Waals surface area contributed by atoms with Gasteiger partial charge in [0.05, 0.1) is 11.6 Å². The molecule has 0 fully saturated rings. The average molecular weight is 553 g/mol. The number of phenolic OH excluding ortho intramolecular Hbond substituents is 1. The maximum absolute atomic E-state index is 14.6. The van der Waals surface area contributed by atoms with E-state index in [1.54, 1.807) is 59.4 Å². The number of amides is 1. The van der Waals surface area contributed by atoms with Crippen molar-refractivity contribution in [2.24, 2.45) is 5.92 Å². The van der Waals surface area contributed by atoms with Crippen LogP contribution in [0, 0.1) is 17.6 Å². The van der Waals surface area contributed by atoms with Crippen molar-refractivity contribution < 1.29 is 18.7 Å². The zero-order valence-electron chi connectivity index (χ0n) is 22.8. The fourth-order valence-corrected chi connectivity index (χ4v) is 4.79. The minimum atomic E-state index is -0.377. The van der Waals surface area contributed by atoms with Crippen molar-refractivity contribution in [2.75, 3.05) is 6.54 Å². The zero-order valence-corrected chi connectivity index (χ0v) is 22.8. The Bertz CT molecular complexity index is 1670. The largest absolute Gasteiger partial charge is 0.507 e. The SMILES string of the molecule is CC(CNC(=O)c1ccccc1O)Cc1cc(-c2cn(C(C)c3ccccc3F)nc2-c2ccc(F)cc2)ccn1. The second-order valence-corrected chi connectivity index (χ2v) is 10.1. The molecule has 0 saturated carbocycles. The number of pyridine rings is 1. The van der Waals surface area contributed by atoms with Gasteiger partial charge in [0.25, 0.3) is 5.91 Å². The fourth-order valence-electron chi connectivity index (χ4n) is 4.79. The molecular formula is C33H30F2N4O2. The molecule has 0 aliphatic heterocycles. The van der Waals surface area contributed by atoms with E-state index in [2.05, 4.69) is 10.3 Å². The molecular weight excluding hydrogens is 522 g/mol. The number of phenols is 1. The Hall–Kier alpha value is -4.85. The predicted molar refractivity (Wildman–Crippen MR) is 154 cm³/mol. The number of hydrogen-bond acceptors (Lipinski definition) is 4. The van der Waals surface area contributed by atoms with Crippen molar-refractivity contribution in [1.82, 2.24) is 20.1 Å². The van der Waals surface area contributed by atoms with Crippen LogP contribution >= 0.6 is 0 Å². The van der Waals surface area contributed by atoms with Crippen LogP contribution in [0.5, 0.6) is 5.75 Å². The number of carbonyl (C=O) groups excluding carboxylic acids is 1. The summed E-state index contributed by atoms with van der Waals surface area (Å²) in [6.45, 7) is 4.29. The Labute approximate surface area is 237 Å². The molecule has 0 bridgehead atoms. The minimum Gasteiger partial charge on any atom is -0.507 e. The van der Waals surface area contributed by atoms with Gasteiger partial charge < -0.3 is 10.4 Å². The number of aromatic hydroxyl groups is 1. The summed E-state index contributed by atoms with van der Waals surface area (Å²) in [5.41, 5.74) is 4.63. The first-order valence-electron chi connectivity index (χ1n) is 13.4. The van der Waals surface area contributed by atoms with E-state index >= 15 is 0 Å². The molecule has 8 heteroatoms. The number of carbonyl (C=O) groups is 1. The van der Waals surface area contributed by atoms with Crippen LogP contribution in [0.2, 0.25) is 0 Å². The first kappa shape index (κ1) is 27.7. The normalized spacial score (nSPS) is 12.6. The van der Waals surface area contributed by atoms with Gasteiger partial charge in [0.15, 0.2) is 0 Å². The highest BCUT2D eigenvalue weighted by atomic mass is 19.1. The topological polar surface area (TPSA) is 80.0 Å². The third kappa shape index (κ3) is 6.32. The molecule has 41 heavy (non-hydrogen) atoms. The summed E-state index contributed by atoms with van der Waals surface area (Å²) in [7, 11) is 0. The lowest BCUT2D eigenvalue weighted by Gasteiger charge is -2.14. The number of para-hydroxylation sites is 1. The highest BCUT2D eigenvalue weighted by Gasteiger charge is 2.20. The van der Waals surface area contributed by atoms with E-state index in [1.807, 2.05) is 32.2 Å². The lowest BCUT2D eigenvalue weighted by molar-refractivity contribution is 0.0945. The summed E-state index contributed by atoms with van der Waals surface area (Å²) in [5.74, 6) is -0.988. The van der Waals surface area contributed by atoms with Crippen LogP contribution in [0.15, 0.2) is 97.3 Å². The number of halogens is 2. The van der Waals surface area contributed by atoms with E-state index in [1.165, 1.54) is 24.3 Å². The fraction of sp³-hybridized carbons (Fsp3) is 0.182. The molecule has 0 radical (unpaired) electrons. The van der Waals surface area contributed by atoms with E-state index < -0.39 is 0 Å². The van der Waals surface area contributed by atoms with E-state index in [4.69, 9.17) is 5.10 Å². The van der Waals surface area contributed by atoms with Crippen molar-refractivity contribution in [2.45, 2.75) is 26.3 Å². The Morgan fingerprint density at radius 1 is 0.951 bits per heavy atom. The molecule has 3 aromatic carbocycles. The average Bonchev–Trinajstić information content (AvgIpc) is 3.42. The number of benzene rings is 3. The first-order valence-corrected chi connectivity index (χ1v) is 13.4. The first-order chi connectivity index (χ1) is 19.8. The van der Waals surface area contributed by atoms with Crippen molar-refractivity contribution in [3.05, 3.63) is 126 Å². The van der Waals surface area contributed by atoms with Gasteiger partial charge in [-0.1, -0.05) is 37.3 Å². The van der Waals surface area contributed by atoms with Gasteiger partial charge in [0.2, 0.25) is 0 Å². The van der Waals surface area contributed by atoms with Gasteiger partial charge in [0, 0.05) is 41.3 Å². The number of nitrogens with zero attached hydrogens (tertiary/aromatic N) is 3. The van der Waals surface area contributed by atoms with E-state index in [0.29, 0.717) is 24.2 Å². The van der Waals surface area contributed by atoms with Crippen LogP contribution in [0.1, 0.15) is 41.5 Å². The zero-order chi connectivity index (χ0) is 28.9. The molecule has 1 amide bonds. The van der Waals surface area contributed by atoms with Gasteiger partial charge in [-0.3, -0.25) is 14.5 Å². The van der Waals surface area contributed by atoms with Crippen LogP contribution in [-0.4, -0.2) is 32.3 Å². The number of rotatable bonds is 9. The third-order valence-electron chi connectivity index (χ3n) is 7.05. The van der Waals surface area contributed by atoms with Crippen molar-refractivity contribution in [1.29, 1.82) is 0 Å². The number of hydrogen-bond donors (Lipinski definition) is 2. The van der Waals surface area contributed by atoms with Gasteiger partial charge in [-0.15, -0.1) is 0 Å². The molecule has 2 unspecified atom stereocenters. The molecule has 0 spiro atoms. The van der Waals surface area contributed by atoms with E-state index in [9.17, 15) is 18.7 Å². The lowest BCUT2D eigenvalue weighted by atomic mass is 9.99. The minimum absolute atomic E-state index is 0.0613. The molecule has 2 heterocycles. The van der Waals surface area contributed by atoms with Gasteiger partial charge in [-0.05, 0) is 79.4 Å². The molecule has 2 aromatic heterocycles. The maximum atomic E-state index is 14.6. The summed E-state index contributed by atoms with van der Waals surface area (Å²) in [5, 5.41) is 17.6. The van der Waals surface area contributed by atoms with E-state index in [-0.39, 0.29) is 40.8 Å². The molecule has 0 aliphatic rings. The second-order valence-electron chi connectivity index (χ2n) is 10.1. The molecule has 0 saturated heterocycles. The Morgan fingerprint density at radius 3 is 2.44 bits per heavy atom. The quantitative estimate of drug-likeness (QED) is 0.210. The summed E-state index contributed by atoms with van der Waals surface area (Å²) in [4.78, 5) is 17.0. The number of nitrogens with one attached hydrogen (secondary N) is 1. The monoisotopic (exact) mass is 552 g/mol. The van der Waals surface area contributed by atoms with Crippen LogP contribution in [0.25, 0.3) is 22.4 Å². The standard InChI is InChI=1S/C33H30F2N4O2/c1-21(19-37-33(41)28-8-4-6-10-31(28)40)17-26-18-24(15-16-36-26)29-20-39(22(2)27-7-3-5-9-30(27)35)38-32(29)23-11-13-25(34)14-12-23/h3-16,18,20-22,40H,17,19H2,1-2H3,(H,37,41). The molecule has 208 valence electrons. The molecule has 2 atom stereocenters. The van der Waals surface area contributed by atoms with Crippen molar-refractivity contribution >= 4 is 5.91 Å². The number of aromatic nitrogens is 3. The molecule has 2 N–H and O–H groups in total. The maximum Gasteiger partial charge on any atom is 0.255 e. The molecule has 0 aliphatic carbocycles. The van der Waals surface area contributed by atoms with Crippen molar-refractivity contribution in [3.8, 4) is 28.1 Å². The van der Waals surface area contributed by atoms with Crippen LogP contribution in [-0.2, 0) is 6.42 Å². The predicted octanol–water partition coefficient (Wildman–Crippen LogP) is 6.81. The summed E-state index contributed by atoms with van der Waals surface area (Å²) < 4.78 is 30.0. The Kier molecular flexibility index (Phi) is 8.19.